The van der Waals surface area contributed by atoms with E-state index >= 15 is 0 Å². The summed E-state index contributed by atoms with van der Waals surface area (Å²) in [5, 5.41) is 0. The van der Waals surface area contributed by atoms with Gasteiger partial charge in [0.1, 0.15) is 23.0 Å². The van der Waals surface area contributed by atoms with Gasteiger partial charge in [-0.15, -0.1) is 0 Å². The van der Waals surface area contributed by atoms with Crippen LogP contribution in [0, 0.1) is 23.7 Å². The second-order valence-electron chi connectivity index (χ2n) is 18.0. The van der Waals surface area contributed by atoms with Gasteiger partial charge in [-0.3, -0.25) is 19.2 Å². The molecule has 2 aliphatic carbocycles. The molecule has 0 heterocycles. The lowest BCUT2D eigenvalue weighted by Crippen LogP contribution is -2.30. The van der Waals surface area contributed by atoms with Gasteiger partial charge in [0.05, 0.1) is 72.4 Å². The SMILES string of the molecule is CCCCCOC(=O)c1ccc(OC(=O)C2CCC(C(=O)Oc3ccc(C(=O)OCCCCC)cc3)CC2)cc1.CCOC(=O)c1ccc(OC(=O)C2CCC(C(=O)Oc3ccc(C(=O)OCC)cc3)CC2)cc1.[HH].[HH]. The molecule has 0 aromatic heterocycles. The van der Waals surface area contributed by atoms with Crippen molar-refractivity contribution >= 4 is 47.8 Å². The van der Waals surface area contributed by atoms with Crippen LogP contribution >= 0.6 is 0 Å². The maximum absolute atomic E-state index is 12.7. The lowest BCUT2D eigenvalue weighted by atomic mass is 9.82. The van der Waals surface area contributed by atoms with Crippen molar-refractivity contribution in [2.75, 3.05) is 26.4 Å². The zero-order valence-electron chi connectivity index (χ0n) is 42.8. The van der Waals surface area contributed by atoms with Crippen LogP contribution in [0.3, 0.4) is 0 Å². The van der Waals surface area contributed by atoms with Crippen LogP contribution in [0.2, 0.25) is 0 Å². The van der Waals surface area contributed by atoms with Gasteiger partial charge in [0.2, 0.25) is 0 Å². The minimum absolute atomic E-state index is 0. The number of benzene rings is 4. The minimum Gasteiger partial charge on any atom is -0.462 e. The molecular weight excluding hydrogens is 953 g/mol. The van der Waals surface area contributed by atoms with E-state index in [1.165, 1.54) is 0 Å². The Morgan fingerprint density at radius 1 is 0.338 bits per heavy atom. The van der Waals surface area contributed by atoms with Gasteiger partial charge in [-0.25, -0.2) is 19.2 Å². The van der Waals surface area contributed by atoms with Gasteiger partial charge in [0.15, 0.2) is 0 Å². The zero-order chi connectivity index (χ0) is 53.2. The van der Waals surface area contributed by atoms with E-state index in [1.807, 2.05) is 0 Å². The van der Waals surface area contributed by atoms with Gasteiger partial charge >= 0.3 is 47.8 Å². The van der Waals surface area contributed by atoms with Gasteiger partial charge < -0.3 is 37.9 Å². The van der Waals surface area contributed by atoms with Crippen LogP contribution in [0.1, 0.15) is 162 Å². The second-order valence-corrected chi connectivity index (χ2v) is 18.0. The first-order valence-corrected chi connectivity index (χ1v) is 25.8. The Balaban J connectivity index is 0.000000395. The topological polar surface area (TPSA) is 210 Å². The lowest BCUT2D eigenvalue weighted by Gasteiger charge is -2.25. The standard InChI is InChI=1S/C32H40O8.C26H28O8.2H2/c1-3-5-7-21-37-29(33)23-13-17-27(18-14-23)39-31(35)25-9-11-26(12-10-25)32(36)40-28-19-15-24(16-20-28)30(34)38-22-8-6-4-2;1-3-31-23(27)17-9-13-21(14-10-17)33-25(29)19-5-7-20(8-6-19)26(30)34-22-15-11-18(12-16-22)24(28)32-4-2;;/h13-20,25-26H,3-12,21-22H2,1-2H3;9-16,19-20H,3-8H2,1-2H3;2*1H. The normalized spacial score (nSPS) is 16.9. The van der Waals surface area contributed by atoms with Crippen molar-refractivity contribution < 1.29 is 79.1 Å². The molecule has 0 amide bonds. The third-order valence-electron chi connectivity index (χ3n) is 12.5. The third kappa shape index (κ3) is 18.6. The zero-order valence-corrected chi connectivity index (χ0v) is 42.8. The fourth-order valence-corrected chi connectivity index (χ4v) is 8.19. The largest absolute Gasteiger partial charge is 0.462 e. The number of hydrogen-bond acceptors (Lipinski definition) is 16. The number of ether oxygens (including phenoxy) is 8. The molecule has 74 heavy (non-hydrogen) atoms. The van der Waals surface area contributed by atoms with Crippen molar-refractivity contribution in [3.8, 4) is 23.0 Å². The Hall–Kier alpha value is -7.36. The predicted molar refractivity (Wildman–Crippen MR) is 275 cm³/mol. The van der Waals surface area contributed by atoms with Crippen molar-refractivity contribution in [1.29, 1.82) is 0 Å². The Labute approximate surface area is 435 Å². The van der Waals surface area contributed by atoms with E-state index in [-0.39, 0.29) is 63.6 Å². The number of carbonyl (C=O) groups is 8. The molecule has 0 radical (unpaired) electrons. The van der Waals surface area contributed by atoms with Crippen LogP contribution in [-0.4, -0.2) is 74.2 Å². The molecule has 4 aromatic carbocycles. The number of carbonyl (C=O) groups excluding carboxylic acids is 8. The van der Waals surface area contributed by atoms with Gasteiger partial charge in [0, 0.05) is 2.85 Å². The molecule has 6 rings (SSSR count). The van der Waals surface area contributed by atoms with Gasteiger partial charge in [-0.1, -0.05) is 39.5 Å². The quantitative estimate of drug-likeness (QED) is 0.0310. The summed E-state index contributed by atoms with van der Waals surface area (Å²) >= 11 is 0. The average molecular weight is 1030 g/mol. The summed E-state index contributed by atoms with van der Waals surface area (Å²) in [6.07, 6.45) is 9.93. The Bertz CT molecular complexity index is 2290. The first-order chi connectivity index (χ1) is 35.8. The summed E-state index contributed by atoms with van der Waals surface area (Å²) < 4.78 is 42.3. The highest BCUT2D eigenvalue weighted by atomic mass is 16.6. The summed E-state index contributed by atoms with van der Waals surface area (Å²) in [6, 6.07) is 25.1. The molecule has 0 saturated heterocycles. The smallest absolute Gasteiger partial charge is 0.338 e. The number of unbranched alkanes of at least 4 members (excludes halogenated alkanes) is 4. The summed E-state index contributed by atoms with van der Waals surface area (Å²) in [5.41, 5.74) is 1.59. The molecular formula is C58H72O16. The molecule has 0 spiro atoms. The monoisotopic (exact) mass is 1020 g/mol. The molecule has 0 aliphatic heterocycles. The molecule has 0 atom stereocenters. The predicted octanol–water partition coefficient (Wildman–Crippen LogP) is 11.5. The molecule has 2 fully saturated rings. The van der Waals surface area contributed by atoms with Gasteiger partial charge in [-0.05, 0) is 175 Å². The first-order valence-electron chi connectivity index (χ1n) is 25.8. The number of rotatable bonds is 22. The van der Waals surface area contributed by atoms with Gasteiger partial charge in [0.25, 0.3) is 0 Å². The van der Waals surface area contributed by atoms with Crippen molar-refractivity contribution in [3.05, 3.63) is 119 Å². The molecule has 0 unspecified atom stereocenters. The van der Waals surface area contributed by atoms with E-state index in [0.717, 1.165) is 38.5 Å². The van der Waals surface area contributed by atoms with Crippen LogP contribution in [0.15, 0.2) is 97.1 Å². The average Bonchev–Trinajstić information content (AvgIpc) is 3.42. The first kappa shape index (κ1) is 57.5. The fourth-order valence-electron chi connectivity index (χ4n) is 8.19. The summed E-state index contributed by atoms with van der Waals surface area (Å²) in [7, 11) is 0. The molecule has 2 aliphatic rings. The summed E-state index contributed by atoms with van der Waals surface area (Å²) in [5.74, 6) is -2.86. The maximum Gasteiger partial charge on any atom is 0.338 e. The Morgan fingerprint density at radius 3 is 0.757 bits per heavy atom. The van der Waals surface area contributed by atoms with E-state index in [1.54, 1.807) is 111 Å². The van der Waals surface area contributed by atoms with Crippen LogP contribution in [0.5, 0.6) is 23.0 Å². The Kier molecular flexibility index (Phi) is 23.8. The highest BCUT2D eigenvalue weighted by Gasteiger charge is 2.34. The second kappa shape index (κ2) is 30.6. The van der Waals surface area contributed by atoms with Crippen LogP contribution in [0.25, 0.3) is 0 Å². The highest BCUT2D eigenvalue weighted by molar-refractivity contribution is 5.91. The molecule has 4 aromatic rings. The molecule has 0 bridgehead atoms. The van der Waals surface area contributed by atoms with E-state index < -0.39 is 23.9 Å². The van der Waals surface area contributed by atoms with Crippen molar-refractivity contribution in [2.24, 2.45) is 23.7 Å². The van der Waals surface area contributed by atoms with Crippen molar-refractivity contribution in [1.82, 2.24) is 0 Å². The fraction of sp³-hybridized carbons (Fsp3) is 0.448. The number of hydrogen-bond donors (Lipinski definition) is 0. The molecule has 16 heteroatoms. The Morgan fingerprint density at radius 2 is 0.554 bits per heavy atom. The van der Waals surface area contributed by atoms with Crippen LogP contribution in [-0.2, 0) is 38.1 Å². The van der Waals surface area contributed by atoms with Crippen LogP contribution < -0.4 is 18.9 Å². The molecule has 400 valence electrons. The molecule has 2 saturated carbocycles. The minimum atomic E-state index is -0.430. The summed E-state index contributed by atoms with van der Waals surface area (Å²) in [4.78, 5) is 98.0. The molecule has 16 nitrogen and oxygen atoms in total. The lowest BCUT2D eigenvalue weighted by molar-refractivity contribution is -0.145. The van der Waals surface area contributed by atoms with E-state index in [9.17, 15) is 38.4 Å². The van der Waals surface area contributed by atoms with Crippen LogP contribution in [0.4, 0.5) is 0 Å². The van der Waals surface area contributed by atoms with Gasteiger partial charge in [-0.2, -0.15) is 0 Å². The van der Waals surface area contributed by atoms with Crippen molar-refractivity contribution in [2.45, 2.75) is 118 Å². The highest BCUT2D eigenvalue weighted by Crippen LogP contribution is 2.33. The summed E-state index contributed by atoms with van der Waals surface area (Å²) in [6.45, 7) is 8.98. The maximum atomic E-state index is 12.7. The van der Waals surface area contributed by atoms with E-state index in [4.69, 9.17) is 37.9 Å². The number of esters is 8. The third-order valence-corrected chi connectivity index (χ3v) is 12.5. The van der Waals surface area contributed by atoms with Crippen molar-refractivity contribution in [3.63, 3.8) is 0 Å². The molecule has 0 N–H and O–H groups in total. The van der Waals surface area contributed by atoms with E-state index in [2.05, 4.69) is 13.8 Å². The van der Waals surface area contributed by atoms with E-state index in [0.29, 0.717) is 110 Å².